The molecule has 30 heavy (non-hydrogen) atoms. The van der Waals surface area contributed by atoms with Crippen molar-refractivity contribution < 1.29 is 27.1 Å². The topological polar surface area (TPSA) is 81.7 Å². The molecule has 0 spiro atoms. The van der Waals surface area contributed by atoms with Gasteiger partial charge in [-0.25, -0.2) is 22.3 Å². The molecular weight excluding hydrogens is 409 g/mol. The van der Waals surface area contributed by atoms with Crippen molar-refractivity contribution >= 4 is 16.0 Å². The Morgan fingerprint density at radius 3 is 2.30 bits per heavy atom. The molecule has 0 bridgehead atoms. The lowest BCUT2D eigenvalue weighted by molar-refractivity contribution is 0.0600. The quantitative estimate of drug-likeness (QED) is 0.553. The molecule has 0 aromatic heterocycles. The highest BCUT2D eigenvalue weighted by Gasteiger charge is 2.16. The second-order valence-corrected chi connectivity index (χ2v) is 8.17. The zero-order valence-electron chi connectivity index (χ0n) is 16.2. The van der Waals surface area contributed by atoms with E-state index >= 15 is 0 Å². The number of carbonyl (C=O) groups is 1. The molecule has 1 N–H and O–H groups in total. The molecule has 0 aliphatic rings. The van der Waals surface area contributed by atoms with Crippen LogP contribution in [0.15, 0.2) is 77.7 Å². The van der Waals surface area contributed by atoms with Crippen LogP contribution in [0.3, 0.4) is 0 Å². The maximum atomic E-state index is 12.9. The second-order valence-electron chi connectivity index (χ2n) is 6.40. The molecule has 3 aromatic rings. The summed E-state index contributed by atoms with van der Waals surface area (Å²) in [5, 5.41) is 0. The van der Waals surface area contributed by atoms with E-state index < -0.39 is 16.0 Å². The van der Waals surface area contributed by atoms with Crippen LogP contribution < -0.4 is 9.46 Å². The van der Waals surface area contributed by atoms with Crippen molar-refractivity contribution in [1.29, 1.82) is 0 Å². The third-order valence-corrected chi connectivity index (χ3v) is 5.67. The van der Waals surface area contributed by atoms with E-state index in [0.29, 0.717) is 12.4 Å². The van der Waals surface area contributed by atoms with Crippen molar-refractivity contribution in [2.24, 2.45) is 0 Å². The number of carbonyl (C=O) groups excluding carboxylic acids is 1. The minimum Gasteiger partial charge on any atom is -0.489 e. The number of hydrogen-bond donors (Lipinski definition) is 1. The first-order chi connectivity index (χ1) is 14.4. The SMILES string of the molecule is COC(=O)c1cccc(S(=O)(=O)NCc2ccc(OCc3ccc(F)cc3)cc2)c1. The van der Waals surface area contributed by atoms with Gasteiger partial charge in [0.1, 0.15) is 18.2 Å². The predicted octanol–water partition coefficient (Wildman–Crippen LogP) is 3.67. The molecule has 0 aliphatic heterocycles. The molecule has 8 heteroatoms. The molecule has 6 nitrogen and oxygen atoms in total. The Labute approximate surface area is 174 Å². The Hall–Kier alpha value is -3.23. The van der Waals surface area contributed by atoms with Gasteiger partial charge < -0.3 is 9.47 Å². The number of esters is 1. The highest BCUT2D eigenvalue weighted by Crippen LogP contribution is 2.16. The largest absolute Gasteiger partial charge is 0.489 e. The lowest BCUT2D eigenvalue weighted by Crippen LogP contribution is -2.23. The number of methoxy groups -OCH3 is 1. The van der Waals surface area contributed by atoms with Crippen molar-refractivity contribution in [3.8, 4) is 5.75 Å². The van der Waals surface area contributed by atoms with Crippen LogP contribution in [0.2, 0.25) is 0 Å². The van der Waals surface area contributed by atoms with Gasteiger partial charge in [-0.05, 0) is 53.6 Å². The average molecular weight is 429 g/mol. The molecule has 156 valence electrons. The van der Waals surface area contributed by atoms with Gasteiger partial charge in [0.05, 0.1) is 17.6 Å². The highest BCUT2D eigenvalue weighted by atomic mass is 32.2. The zero-order valence-corrected chi connectivity index (χ0v) is 17.0. The average Bonchev–Trinajstić information content (AvgIpc) is 2.77. The molecule has 0 unspecified atom stereocenters. The fourth-order valence-corrected chi connectivity index (χ4v) is 3.68. The molecule has 3 aromatic carbocycles. The van der Waals surface area contributed by atoms with Crippen LogP contribution in [0.25, 0.3) is 0 Å². The van der Waals surface area contributed by atoms with E-state index in [1.165, 1.54) is 43.5 Å². The van der Waals surface area contributed by atoms with Crippen LogP contribution in [0.1, 0.15) is 21.5 Å². The summed E-state index contributed by atoms with van der Waals surface area (Å²) in [7, 11) is -2.57. The number of rotatable bonds is 8. The van der Waals surface area contributed by atoms with Gasteiger partial charge in [0.25, 0.3) is 0 Å². The van der Waals surface area contributed by atoms with Gasteiger partial charge in [0.2, 0.25) is 10.0 Å². The van der Waals surface area contributed by atoms with E-state index in [0.717, 1.165) is 11.1 Å². The van der Waals surface area contributed by atoms with Gasteiger partial charge in [-0.2, -0.15) is 0 Å². The minimum absolute atomic E-state index is 0.0235. The summed E-state index contributed by atoms with van der Waals surface area (Å²) in [6, 6.07) is 18.6. The molecule has 0 amide bonds. The number of benzene rings is 3. The second kappa shape index (κ2) is 9.51. The number of hydrogen-bond acceptors (Lipinski definition) is 5. The number of nitrogens with one attached hydrogen (secondary N) is 1. The first kappa shape index (κ1) is 21.5. The van der Waals surface area contributed by atoms with Crippen molar-refractivity contribution in [2.45, 2.75) is 18.0 Å². The molecule has 0 saturated heterocycles. The van der Waals surface area contributed by atoms with Crippen LogP contribution in [-0.4, -0.2) is 21.5 Å². The fourth-order valence-electron chi connectivity index (χ4n) is 2.62. The van der Waals surface area contributed by atoms with E-state index in [-0.39, 0.29) is 22.8 Å². The third kappa shape index (κ3) is 5.65. The first-order valence-corrected chi connectivity index (χ1v) is 10.5. The summed E-state index contributed by atoms with van der Waals surface area (Å²) in [6.45, 7) is 0.367. The Balaban J connectivity index is 1.59. The molecule has 0 fully saturated rings. The normalized spacial score (nSPS) is 11.1. The van der Waals surface area contributed by atoms with Crippen molar-refractivity contribution in [2.75, 3.05) is 7.11 Å². The van der Waals surface area contributed by atoms with E-state index in [2.05, 4.69) is 9.46 Å². The first-order valence-electron chi connectivity index (χ1n) is 9.01. The number of sulfonamides is 1. The van der Waals surface area contributed by atoms with Crippen molar-refractivity contribution in [1.82, 2.24) is 4.72 Å². The fraction of sp³-hybridized carbons (Fsp3) is 0.136. The van der Waals surface area contributed by atoms with Crippen LogP contribution in [0.4, 0.5) is 4.39 Å². The lowest BCUT2D eigenvalue weighted by atomic mass is 10.2. The molecule has 0 aliphatic carbocycles. The molecular formula is C22H20FNO5S. The van der Waals surface area contributed by atoms with Crippen LogP contribution in [0, 0.1) is 5.82 Å². The number of halogens is 1. The molecule has 0 radical (unpaired) electrons. The van der Waals surface area contributed by atoms with Crippen LogP contribution in [0.5, 0.6) is 5.75 Å². The van der Waals surface area contributed by atoms with E-state index in [1.54, 1.807) is 36.4 Å². The van der Waals surface area contributed by atoms with Crippen molar-refractivity contribution in [3.05, 3.63) is 95.3 Å². The van der Waals surface area contributed by atoms with Crippen LogP contribution in [-0.2, 0) is 27.9 Å². The third-order valence-electron chi connectivity index (χ3n) is 4.27. The van der Waals surface area contributed by atoms with Crippen molar-refractivity contribution in [3.63, 3.8) is 0 Å². The van der Waals surface area contributed by atoms with Gasteiger partial charge in [0.15, 0.2) is 0 Å². The predicted molar refractivity (Wildman–Crippen MR) is 109 cm³/mol. The zero-order chi connectivity index (χ0) is 21.6. The summed E-state index contributed by atoms with van der Waals surface area (Å²) in [4.78, 5) is 11.6. The molecule has 0 saturated carbocycles. The monoisotopic (exact) mass is 429 g/mol. The number of ether oxygens (including phenoxy) is 2. The van der Waals surface area contributed by atoms with Gasteiger partial charge in [-0.15, -0.1) is 0 Å². The molecule has 0 heterocycles. The van der Waals surface area contributed by atoms with E-state index in [4.69, 9.17) is 4.74 Å². The Morgan fingerprint density at radius 2 is 1.63 bits per heavy atom. The Morgan fingerprint density at radius 1 is 0.967 bits per heavy atom. The summed E-state index contributed by atoms with van der Waals surface area (Å²) in [5.41, 5.74) is 1.72. The van der Waals surface area contributed by atoms with E-state index in [1.807, 2.05) is 0 Å². The van der Waals surface area contributed by atoms with Gasteiger partial charge in [-0.3, -0.25) is 0 Å². The van der Waals surface area contributed by atoms with Gasteiger partial charge in [-0.1, -0.05) is 30.3 Å². The van der Waals surface area contributed by atoms with Gasteiger partial charge >= 0.3 is 5.97 Å². The van der Waals surface area contributed by atoms with Crippen LogP contribution >= 0.6 is 0 Å². The maximum Gasteiger partial charge on any atom is 0.337 e. The van der Waals surface area contributed by atoms with E-state index in [9.17, 15) is 17.6 Å². The molecule has 3 rings (SSSR count). The summed E-state index contributed by atoms with van der Waals surface area (Å²) in [5.74, 6) is -0.303. The lowest BCUT2D eigenvalue weighted by Gasteiger charge is -2.10. The Bertz CT molecular complexity index is 1110. The molecule has 0 atom stereocenters. The van der Waals surface area contributed by atoms with Gasteiger partial charge in [0, 0.05) is 6.54 Å². The summed E-state index contributed by atoms with van der Waals surface area (Å²) in [6.07, 6.45) is 0. The summed E-state index contributed by atoms with van der Waals surface area (Å²) >= 11 is 0. The minimum atomic E-state index is -3.80. The maximum absolute atomic E-state index is 12.9. The summed E-state index contributed by atoms with van der Waals surface area (Å²) < 4.78 is 50.7. The highest BCUT2D eigenvalue weighted by molar-refractivity contribution is 7.89. The standard InChI is InChI=1S/C22H20FNO5S/c1-28-22(25)18-3-2-4-21(13-18)30(26,27)24-14-16-7-11-20(12-8-16)29-15-17-5-9-19(23)10-6-17/h2-13,24H,14-15H2,1H3. The smallest absolute Gasteiger partial charge is 0.337 e. The Kier molecular flexibility index (Phi) is 6.81.